The minimum Gasteiger partial charge on any atom is -0.494 e. The third-order valence-electron chi connectivity index (χ3n) is 4.84. The highest BCUT2D eigenvalue weighted by Gasteiger charge is 2.29. The van der Waals surface area contributed by atoms with Gasteiger partial charge in [0, 0.05) is 0 Å². The Kier molecular flexibility index (Phi) is 5.41. The van der Waals surface area contributed by atoms with Crippen molar-refractivity contribution in [2.45, 2.75) is 39.0 Å². The van der Waals surface area contributed by atoms with E-state index in [0.717, 1.165) is 24.4 Å². The van der Waals surface area contributed by atoms with Crippen molar-refractivity contribution in [2.75, 3.05) is 13.7 Å². The van der Waals surface area contributed by atoms with Crippen LogP contribution < -0.4 is 10.5 Å². The van der Waals surface area contributed by atoms with E-state index in [0.29, 0.717) is 17.6 Å². The molecule has 3 atom stereocenters. The van der Waals surface area contributed by atoms with Crippen molar-refractivity contribution in [1.82, 2.24) is 0 Å². The van der Waals surface area contributed by atoms with Gasteiger partial charge in [0.25, 0.3) is 0 Å². The van der Waals surface area contributed by atoms with Crippen molar-refractivity contribution in [3.8, 4) is 5.75 Å². The highest BCUT2D eigenvalue weighted by atomic mass is 19.1. The second-order valence-corrected chi connectivity index (χ2v) is 6.02. The lowest BCUT2D eigenvalue weighted by molar-refractivity contribution is 0.179. The molecule has 1 fully saturated rings. The molecule has 0 bridgehead atoms. The first-order valence-corrected chi connectivity index (χ1v) is 7.70. The van der Waals surface area contributed by atoms with Crippen LogP contribution in [0.3, 0.4) is 0 Å². The largest absolute Gasteiger partial charge is 0.494 e. The van der Waals surface area contributed by atoms with E-state index in [4.69, 9.17) is 10.5 Å². The summed E-state index contributed by atoms with van der Waals surface area (Å²) in [4.78, 5) is 0. The fourth-order valence-corrected chi connectivity index (χ4v) is 3.49. The predicted octanol–water partition coefficient (Wildman–Crippen LogP) is 3.78. The van der Waals surface area contributed by atoms with Crippen molar-refractivity contribution in [3.63, 3.8) is 0 Å². The molecule has 1 aliphatic rings. The van der Waals surface area contributed by atoms with Crippen LogP contribution >= 0.6 is 0 Å². The van der Waals surface area contributed by atoms with Crippen LogP contribution in [-0.2, 0) is 6.42 Å². The third kappa shape index (κ3) is 3.51. The number of hydrogen-bond acceptors (Lipinski definition) is 2. The molecular weight excluding hydrogens is 253 g/mol. The highest BCUT2D eigenvalue weighted by Crippen LogP contribution is 2.37. The molecule has 112 valence electrons. The van der Waals surface area contributed by atoms with Crippen LogP contribution in [0.25, 0.3) is 0 Å². The minimum atomic E-state index is -0.267. The fraction of sp³-hybridized carbons (Fsp3) is 0.647. The summed E-state index contributed by atoms with van der Waals surface area (Å²) >= 11 is 0. The molecule has 3 heteroatoms. The number of nitrogens with two attached hydrogens (primary N) is 1. The van der Waals surface area contributed by atoms with Crippen LogP contribution in [0.4, 0.5) is 4.39 Å². The minimum absolute atomic E-state index is 0.267. The lowest BCUT2D eigenvalue weighted by Gasteiger charge is -2.35. The molecule has 1 saturated carbocycles. The maximum absolute atomic E-state index is 13.8. The summed E-state index contributed by atoms with van der Waals surface area (Å²) in [6.07, 6.45) is 5.92. The Morgan fingerprint density at radius 1 is 1.30 bits per heavy atom. The Morgan fingerprint density at radius 2 is 2.10 bits per heavy atom. The van der Waals surface area contributed by atoms with Crippen LogP contribution in [0.2, 0.25) is 0 Å². The molecule has 0 aliphatic heterocycles. The Bertz CT molecular complexity index is 435. The molecule has 0 amide bonds. The van der Waals surface area contributed by atoms with E-state index < -0.39 is 0 Å². The van der Waals surface area contributed by atoms with Crippen LogP contribution in [0.1, 0.15) is 38.2 Å². The van der Waals surface area contributed by atoms with Gasteiger partial charge in [-0.3, -0.25) is 0 Å². The summed E-state index contributed by atoms with van der Waals surface area (Å²) in [7, 11) is 1.50. The van der Waals surface area contributed by atoms with Crippen molar-refractivity contribution < 1.29 is 9.13 Å². The quantitative estimate of drug-likeness (QED) is 0.890. The maximum Gasteiger partial charge on any atom is 0.165 e. The summed E-state index contributed by atoms with van der Waals surface area (Å²) < 4.78 is 18.7. The van der Waals surface area contributed by atoms with Crippen LogP contribution in [0.5, 0.6) is 5.75 Å². The van der Waals surface area contributed by atoms with Gasteiger partial charge in [-0.15, -0.1) is 0 Å². The van der Waals surface area contributed by atoms with Gasteiger partial charge in [-0.25, -0.2) is 4.39 Å². The van der Waals surface area contributed by atoms with E-state index in [1.54, 1.807) is 12.1 Å². The van der Waals surface area contributed by atoms with Gasteiger partial charge in [0.15, 0.2) is 11.6 Å². The smallest absolute Gasteiger partial charge is 0.165 e. The lowest BCUT2D eigenvalue weighted by atomic mass is 9.71. The third-order valence-corrected chi connectivity index (χ3v) is 4.84. The summed E-state index contributed by atoms with van der Waals surface area (Å²) in [5, 5.41) is 0. The van der Waals surface area contributed by atoms with Gasteiger partial charge in [-0.05, 0) is 61.3 Å². The first-order valence-electron chi connectivity index (χ1n) is 7.70. The Balaban J connectivity index is 2.07. The van der Waals surface area contributed by atoms with Crippen LogP contribution in [0.15, 0.2) is 18.2 Å². The molecule has 3 unspecified atom stereocenters. The van der Waals surface area contributed by atoms with Gasteiger partial charge in [-0.2, -0.15) is 0 Å². The Morgan fingerprint density at radius 3 is 2.70 bits per heavy atom. The van der Waals surface area contributed by atoms with E-state index in [9.17, 15) is 4.39 Å². The molecule has 0 aromatic heterocycles. The number of halogens is 1. The van der Waals surface area contributed by atoms with Crippen molar-refractivity contribution in [1.29, 1.82) is 0 Å². The lowest BCUT2D eigenvalue weighted by Crippen LogP contribution is -2.31. The summed E-state index contributed by atoms with van der Waals surface area (Å²) in [5.74, 6) is 2.04. The molecule has 0 radical (unpaired) electrons. The maximum atomic E-state index is 13.8. The van der Waals surface area contributed by atoms with Gasteiger partial charge in [0.1, 0.15) is 0 Å². The average molecular weight is 279 g/mol. The monoisotopic (exact) mass is 279 g/mol. The molecule has 2 N–H and O–H groups in total. The number of methoxy groups -OCH3 is 1. The summed E-state index contributed by atoms with van der Waals surface area (Å²) in [6, 6.07) is 5.31. The molecule has 1 aromatic rings. The van der Waals surface area contributed by atoms with E-state index in [1.165, 1.54) is 32.8 Å². The molecule has 2 rings (SSSR count). The van der Waals surface area contributed by atoms with Gasteiger partial charge in [0.2, 0.25) is 0 Å². The second kappa shape index (κ2) is 7.07. The molecule has 0 spiro atoms. The topological polar surface area (TPSA) is 35.2 Å². The normalized spacial score (nSPS) is 26.5. The fourth-order valence-electron chi connectivity index (χ4n) is 3.49. The first-order chi connectivity index (χ1) is 9.67. The van der Waals surface area contributed by atoms with Crippen LogP contribution in [-0.4, -0.2) is 13.7 Å². The Hall–Kier alpha value is -1.09. The number of ether oxygens (including phenoxy) is 1. The molecule has 2 nitrogen and oxygen atoms in total. The molecular formula is C17H26FNO. The van der Waals surface area contributed by atoms with Crippen molar-refractivity contribution in [3.05, 3.63) is 29.6 Å². The van der Waals surface area contributed by atoms with E-state index in [2.05, 4.69) is 6.92 Å². The number of benzene rings is 1. The van der Waals surface area contributed by atoms with Gasteiger partial charge < -0.3 is 10.5 Å². The predicted molar refractivity (Wildman–Crippen MR) is 80.3 cm³/mol. The first kappa shape index (κ1) is 15.3. The number of rotatable bonds is 5. The van der Waals surface area contributed by atoms with E-state index in [-0.39, 0.29) is 5.82 Å². The summed E-state index contributed by atoms with van der Waals surface area (Å²) in [5.41, 5.74) is 6.97. The van der Waals surface area contributed by atoms with Crippen molar-refractivity contribution >= 4 is 0 Å². The van der Waals surface area contributed by atoms with Crippen LogP contribution in [0, 0.1) is 23.6 Å². The highest BCUT2D eigenvalue weighted by molar-refractivity contribution is 5.29. The Labute approximate surface area is 121 Å². The number of hydrogen-bond donors (Lipinski definition) is 1. The zero-order chi connectivity index (χ0) is 14.5. The zero-order valence-corrected chi connectivity index (χ0v) is 12.6. The average Bonchev–Trinajstić information content (AvgIpc) is 2.47. The SMILES string of the molecule is CCC1CCC(CN)C(Cc2ccc(OC)c(F)c2)C1. The van der Waals surface area contributed by atoms with Crippen molar-refractivity contribution in [2.24, 2.45) is 23.5 Å². The molecule has 0 heterocycles. The zero-order valence-electron chi connectivity index (χ0n) is 12.6. The van der Waals surface area contributed by atoms with Gasteiger partial charge in [0.05, 0.1) is 7.11 Å². The van der Waals surface area contributed by atoms with E-state index >= 15 is 0 Å². The standard InChI is InChI=1S/C17H26FNO/c1-3-12-4-6-14(11-19)15(8-12)9-13-5-7-17(20-2)16(18)10-13/h5,7,10,12,14-15H,3-4,6,8-9,11,19H2,1-2H3. The summed E-state index contributed by atoms with van der Waals surface area (Å²) in [6.45, 7) is 3.01. The molecule has 20 heavy (non-hydrogen) atoms. The van der Waals surface area contributed by atoms with Gasteiger partial charge in [-0.1, -0.05) is 25.8 Å². The second-order valence-electron chi connectivity index (χ2n) is 6.02. The van der Waals surface area contributed by atoms with E-state index in [1.807, 2.05) is 6.07 Å². The molecule has 1 aliphatic carbocycles. The molecule has 0 saturated heterocycles. The molecule has 1 aromatic carbocycles. The van der Waals surface area contributed by atoms with Gasteiger partial charge >= 0.3 is 0 Å².